The maximum Gasteiger partial charge on any atom is 0.311 e. The maximum absolute atomic E-state index is 14.4. The summed E-state index contributed by atoms with van der Waals surface area (Å²) in [6, 6.07) is 10.1. The fourth-order valence-corrected chi connectivity index (χ4v) is 3.16. The minimum atomic E-state index is -1.58. The molecule has 1 atom stereocenters. The van der Waals surface area contributed by atoms with E-state index in [-0.39, 0.29) is 18.1 Å². The monoisotopic (exact) mass is 375 g/mol. The Kier molecular flexibility index (Phi) is 5.41. The van der Waals surface area contributed by atoms with Crippen LogP contribution in [0.1, 0.15) is 12.8 Å². The van der Waals surface area contributed by atoms with Gasteiger partial charge in [-0.25, -0.2) is 9.37 Å². The average molecular weight is 375 g/mol. The topological polar surface area (TPSA) is 104 Å². The number of alkyl halides is 1. The molecule has 1 aliphatic rings. The van der Waals surface area contributed by atoms with Crippen molar-refractivity contribution in [2.24, 2.45) is 0 Å². The minimum absolute atomic E-state index is 0.126. The summed E-state index contributed by atoms with van der Waals surface area (Å²) in [6.07, 6.45) is 1.03. The molecule has 2 aromatic rings. The number of aliphatic hydroxyl groups excluding tert-OH is 1. The standard InChI is InChI=1S/C18H22FN5O3/c1-20-16-8-7-15(24(26)27)17(22-16)21-13-3-5-14(6-4-13)23-10-2-9-18(19,11-23)12-25/h3-8,25H,2,9-12H2,1H3,(H2,20,21,22). The number of hydrogen-bond acceptors (Lipinski definition) is 7. The molecule has 1 aliphatic heterocycles. The number of hydrogen-bond donors (Lipinski definition) is 3. The Morgan fingerprint density at radius 2 is 2.07 bits per heavy atom. The Hall–Kier alpha value is -2.94. The molecule has 1 unspecified atom stereocenters. The van der Waals surface area contributed by atoms with E-state index in [1.54, 1.807) is 19.2 Å². The summed E-state index contributed by atoms with van der Waals surface area (Å²) < 4.78 is 14.4. The molecule has 3 N–H and O–H groups in total. The van der Waals surface area contributed by atoms with Crippen molar-refractivity contribution >= 4 is 28.7 Å². The number of pyridine rings is 1. The Morgan fingerprint density at radius 1 is 1.33 bits per heavy atom. The fraction of sp³-hybridized carbons (Fsp3) is 0.389. The molecule has 0 bridgehead atoms. The van der Waals surface area contributed by atoms with Crippen molar-refractivity contribution in [3.63, 3.8) is 0 Å². The first-order chi connectivity index (χ1) is 12.9. The van der Waals surface area contributed by atoms with Crippen molar-refractivity contribution in [3.8, 4) is 0 Å². The number of rotatable bonds is 6. The van der Waals surface area contributed by atoms with E-state index in [2.05, 4.69) is 15.6 Å². The zero-order valence-corrected chi connectivity index (χ0v) is 15.0. The second-order valence-electron chi connectivity index (χ2n) is 6.58. The summed E-state index contributed by atoms with van der Waals surface area (Å²) >= 11 is 0. The lowest BCUT2D eigenvalue weighted by molar-refractivity contribution is -0.384. The lowest BCUT2D eigenvalue weighted by atomic mass is 9.95. The molecule has 1 aromatic carbocycles. The highest BCUT2D eigenvalue weighted by atomic mass is 19.1. The molecular weight excluding hydrogens is 353 g/mol. The van der Waals surface area contributed by atoms with Crippen LogP contribution in [0.5, 0.6) is 0 Å². The highest BCUT2D eigenvalue weighted by Gasteiger charge is 2.34. The van der Waals surface area contributed by atoms with Crippen molar-refractivity contribution in [2.45, 2.75) is 18.5 Å². The van der Waals surface area contributed by atoms with Gasteiger partial charge in [-0.1, -0.05) is 0 Å². The molecule has 27 heavy (non-hydrogen) atoms. The smallest absolute Gasteiger partial charge is 0.311 e. The molecule has 1 saturated heterocycles. The number of anilines is 4. The fourth-order valence-electron chi connectivity index (χ4n) is 3.16. The van der Waals surface area contributed by atoms with Gasteiger partial charge < -0.3 is 20.6 Å². The second-order valence-corrected chi connectivity index (χ2v) is 6.58. The Labute approximate surface area is 156 Å². The molecule has 2 heterocycles. The first-order valence-electron chi connectivity index (χ1n) is 8.69. The predicted octanol–water partition coefficient (Wildman–Crippen LogP) is 3.08. The average Bonchev–Trinajstić information content (AvgIpc) is 2.68. The summed E-state index contributed by atoms with van der Waals surface area (Å²) in [5.74, 6) is 0.650. The molecule has 8 nitrogen and oxygen atoms in total. The van der Waals surface area contributed by atoms with Crippen LogP contribution >= 0.6 is 0 Å². The molecule has 0 radical (unpaired) electrons. The van der Waals surface area contributed by atoms with Gasteiger partial charge in [0.1, 0.15) is 5.82 Å². The number of halogens is 1. The third kappa shape index (κ3) is 4.25. The van der Waals surface area contributed by atoms with E-state index in [9.17, 15) is 19.6 Å². The molecule has 0 saturated carbocycles. The van der Waals surface area contributed by atoms with Crippen molar-refractivity contribution in [2.75, 3.05) is 42.3 Å². The zero-order chi connectivity index (χ0) is 19.4. The van der Waals surface area contributed by atoms with E-state index >= 15 is 0 Å². The summed E-state index contributed by atoms with van der Waals surface area (Å²) in [7, 11) is 1.68. The molecular formula is C18H22FN5O3. The summed E-state index contributed by atoms with van der Waals surface area (Å²) in [6.45, 7) is 0.378. The number of aromatic nitrogens is 1. The first-order valence-corrected chi connectivity index (χ1v) is 8.69. The molecule has 144 valence electrons. The molecule has 0 amide bonds. The SMILES string of the molecule is CNc1ccc([N+](=O)[O-])c(Nc2ccc(N3CCCC(F)(CO)C3)cc2)n1. The van der Waals surface area contributed by atoms with Crippen LogP contribution in [0.3, 0.4) is 0 Å². The number of nitro groups is 1. The van der Waals surface area contributed by atoms with Gasteiger partial charge in [-0.05, 0) is 43.2 Å². The Bertz CT molecular complexity index is 817. The molecule has 3 rings (SSSR count). The lowest BCUT2D eigenvalue weighted by Gasteiger charge is -2.37. The van der Waals surface area contributed by atoms with Gasteiger partial charge in [-0.2, -0.15) is 0 Å². The van der Waals surface area contributed by atoms with E-state index in [1.807, 2.05) is 17.0 Å². The Morgan fingerprint density at radius 3 is 2.70 bits per heavy atom. The number of nitrogens with zero attached hydrogens (tertiary/aromatic N) is 3. The van der Waals surface area contributed by atoms with Gasteiger partial charge >= 0.3 is 5.69 Å². The van der Waals surface area contributed by atoms with Crippen molar-refractivity contribution in [1.29, 1.82) is 0 Å². The Balaban J connectivity index is 1.78. The van der Waals surface area contributed by atoms with Gasteiger partial charge in [0, 0.05) is 31.0 Å². The van der Waals surface area contributed by atoms with Gasteiger partial charge in [0.05, 0.1) is 18.1 Å². The number of aliphatic hydroxyl groups is 1. The quantitative estimate of drug-likeness (QED) is 0.526. The van der Waals surface area contributed by atoms with Crippen molar-refractivity contribution < 1.29 is 14.4 Å². The third-order valence-corrected chi connectivity index (χ3v) is 4.63. The minimum Gasteiger partial charge on any atom is -0.393 e. The van der Waals surface area contributed by atoms with Crippen molar-refractivity contribution in [3.05, 3.63) is 46.5 Å². The normalized spacial score (nSPS) is 19.6. The first kappa shape index (κ1) is 18.8. The largest absolute Gasteiger partial charge is 0.393 e. The van der Waals surface area contributed by atoms with Crippen LogP contribution in [0.25, 0.3) is 0 Å². The summed E-state index contributed by atoms with van der Waals surface area (Å²) in [4.78, 5) is 16.8. The van der Waals surface area contributed by atoms with Crippen LogP contribution in [0.4, 0.5) is 33.1 Å². The van der Waals surface area contributed by atoms with E-state index in [0.29, 0.717) is 24.3 Å². The van der Waals surface area contributed by atoms with Crippen LogP contribution < -0.4 is 15.5 Å². The van der Waals surface area contributed by atoms with Crippen LogP contribution in [0.2, 0.25) is 0 Å². The van der Waals surface area contributed by atoms with Gasteiger partial charge in [0.25, 0.3) is 0 Å². The number of benzene rings is 1. The highest BCUT2D eigenvalue weighted by Crippen LogP contribution is 2.31. The van der Waals surface area contributed by atoms with Gasteiger partial charge in [-0.15, -0.1) is 0 Å². The predicted molar refractivity (Wildman–Crippen MR) is 103 cm³/mol. The van der Waals surface area contributed by atoms with Gasteiger partial charge in [0.15, 0.2) is 5.67 Å². The second kappa shape index (κ2) is 7.75. The summed E-state index contributed by atoms with van der Waals surface area (Å²) in [5.41, 5.74) is -0.234. The molecule has 9 heteroatoms. The third-order valence-electron chi connectivity index (χ3n) is 4.63. The van der Waals surface area contributed by atoms with Crippen molar-refractivity contribution in [1.82, 2.24) is 4.98 Å². The van der Waals surface area contributed by atoms with Crippen LogP contribution in [-0.4, -0.2) is 47.4 Å². The molecule has 1 fully saturated rings. The van der Waals surface area contributed by atoms with Crippen LogP contribution in [0, 0.1) is 10.1 Å². The summed E-state index contributed by atoms with van der Waals surface area (Å²) in [5, 5.41) is 26.3. The zero-order valence-electron chi connectivity index (χ0n) is 15.0. The lowest BCUT2D eigenvalue weighted by Crippen LogP contribution is -2.47. The number of piperidine rings is 1. The van der Waals surface area contributed by atoms with Crippen LogP contribution in [0.15, 0.2) is 36.4 Å². The molecule has 1 aromatic heterocycles. The molecule has 0 spiro atoms. The van der Waals surface area contributed by atoms with E-state index in [1.165, 1.54) is 12.1 Å². The van der Waals surface area contributed by atoms with Gasteiger partial charge in [0.2, 0.25) is 5.82 Å². The number of nitrogens with one attached hydrogen (secondary N) is 2. The highest BCUT2D eigenvalue weighted by molar-refractivity contribution is 5.69. The van der Waals surface area contributed by atoms with E-state index in [4.69, 9.17) is 0 Å². The van der Waals surface area contributed by atoms with Crippen LogP contribution in [-0.2, 0) is 0 Å². The van der Waals surface area contributed by atoms with Gasteiger partial charge in [-0.3, -0.25) is 10.1 Å². The van der Waals surface area contributed by atoms with E-state index in [0.717, 1.165) is 12.2 Å². The molecule has 0 aliphatic carbocycles. The maximum atomic E-state index is 14.4. The van der Waals surface area contributed by atoms with E-state index < -0.39 is 17.2 Å².